The van der Waals surface area contributed by atoms with Crippen LogP contribution in [0.25, 0.3) is 0 Å². The smallest absolute Gasteiger partial charge is 0.256 e. The number of aromatic nitrogens is 1. The van der Waals surface area contributed by atoms with Gasteiger partial charge in [0.25, 0.3) is 5.91 Å². The molecule has 2 amide bonds. The molecule has 2 rings (SSSR count). The number of rotatable bonds is 7. The van der Waals surface area contributed by atoms with Gasteiger partial charge in [0.1, 0.15) is 5.82 Å². The molecule has 0 spiro atoms. The van der Waals surface area contributed by atoms with Gasteiger partial charge in [0.05, 0.1) is 5.41 Å². The summed E-state index contributed by atoms with van der Waals surface area (Å²) in [6.07, 6.45) is 2.92. The van der Waals surface area contributed by atoms with Gasteiger partial charge >= 0.3 is 0 Å². The lowest BCUT2D eigenvalue weighted by Gasteiger charge is -2.28. The Labute approximate surface area is 172 Å². The first-order valence-corrected chi connectivity index (χ1v) is 8.38. The van der Waals surface area contributed by atoms with Gasteiger partial charge in [0, 0.05) is 24.0 Å². The average Bonchev–Trinajstić information content (AvgIpc) is 2.65. The Hall–Kier alpha value is -2.15. The number of hydrogen-bond acceptors (Lipinski definition) is 4. The van der Waals surface area contributed by atoms with E-state index in [-0.39, 0.29) is 43.2 Å². The van der Waals surface area contributed by atoms with E-state index in [4.69, 9.17) is 5.73 Å². The zero-order valence-electron chi connectivity index (χ0n) is 15.4. The molecule has 0 bridgehead atoms. The van der Waals surface area contributed by atoms with E-state index in [0.717, 1.165) is 0 Å². The van der Waals surface area contributed by atoms with Crippen molar-refractivity contribution >= 4 is 48.1 Å². The molecule has 0 aliphatic rings. The van der Waals surface area contributed by atoms with E-state index < -0.39 is 5.41 Å². The van der Waals surface area contributed by atoms with Crippen molar-refractivity contribution in [2.75, 3.05) is 17.2 Å². The first-order chi connectivity index (χ1) is 12.0. The van der Waals surface area contributed by atoms with Crippen LogP contribution >= 0.6 is 24.8 Å². The van der Waals surface area contributed by atoms with Gasteiger partial charge in [-0.05, 0) is 43.2 Å². The Bertz CT molecular complexity index is 729. The Morgan fingerprint density at radius 1 is 1.04 bits per heavy atom. The zero-order chi connectivity index (χ0) is 18.3. The molecular formula is C19H26Cl2N4O2. The van der Waals surface area contributed by atoms with Crippen LogP contribution < -0.4 is 16.4 Å². The number of carbonyl (C=O) groups excluding carboxylic acids is 2. The highest BCUT2D eigenvalue weighted by molar-refractivity contribution is 6.05. The predicted molar refractivity (Wildman–Crippen MR) is 114 cm³/mol. The molecule has 0 saturated heterocycles. The fourth-order valence-electron chi connectivity index (χ4n) is 2.58. The van der Waals surface area contributed by atoms with Gasteiger partial charge < -0.3 is 16.4 Å². The summed E-state index contributed by atoms with van der Waals surface area (Å²) in [5.41, 5.74) is 6.23. The van der Waals surface area contributed by atoms with Crippen LogP contribution in [0.1, 0.15) is 37.0 Å². The van der Waals surface area contributed by atoms with E-state index >= 15 is 0 Å². The monoisotopic (exact) mass is 412 g/mol. The Morgan fingerprint density at radius 3 is 2.30 bits per heavy atom. The second-order valence-electron chi connectivity index (χ2n) is 5.90. The second kappa shape index (κ2) is 11.5. The third kappa shape index (κ3) is 6.20. The summed E-state index contributed by atoms with van der Waals surface area (Å²) < 4.78 is 0. The van der Waals surface area contributed by atoms with E-state index in [2.05, 4.69) is 15.6 Å². The standard InChI is InChI=1S/C19H24N4O2.2ClH/c1-3-19(4-2,13-20)18(25)22-15-9-7-8-14(12-15)17(24)23-16-10-5-6-11-21-16;;/h5-12H,3-4,13,20H2,1-2H3,(H,22,25)(H,21,23,24);2*1H. The molecular weight excluding hydrogens is 387 g/mol. The number of anilines is 2. The predicted octanol–water partition coefficient (Wildman–Crippen LogP) is 3.88. The summed E-state index contributed by atoms with van der Waals surface area (Å²) in [6, 6.07) is 12.1. The number of amides is 2. The highest BCUT2D eigenvalue weighted by Gasteiger charge is 2.33. The number of carbonyl (C=O) groups is 2. The minimum Gasteiger partial charge on any atom is -0.329 e. The fraction of sp³-hybridized carbons (Fsp3) is 0.316. The van der Waals surface area contributed by atoms with Crippen molar-refractivity contribution in [2.24, 2.45) is 11.1 Å². The van der Waals surface area contributed by atoms with E-state index in [1.165, 1.54) is 0 Å². The summed E-state index contributed by atoms with van der Waals surface area (Å²) in [5, 5.41) is 5.60. The Morgan fingerprint density at radius 2 is 1.74 bits per heavy atom. The van der Waals surface area contributed by atoms with Crippen molar-refractivity contribution in [3.05, 3.63) is 54.2 Å². The molecule has 148 valence electrons. The van der Waals surface area contributed by atoms with Crippen LogP contribution in [0.5, 0.6) is 0 Å². The maximum Gasteiger partial charge on any atom is 0.256 e. The molecule has 0 fully saturated rings. The van der Waals surface area contributed by atoms with E-state index in [0.29, 0.717) is 29.9 Å². The van der Waals surface area contributed by atoms with Crippen LogP contribution in [-0.4, -0.2) is 23.3 Å². The van der Waals surface area contributed by atoms with Gasteiger partial charge in [-0.1, -0.05) is 26.0 Å². The topological polar surface area (TPSA) is 97.1 Å². The first kappa shape index (κ1) is 24.8. The molecule has 2 aromatic rings. The number of benzene rings is 1. The van der Waals surface area contributed by atoms with Gasteiger partial charge in [-0.15, -0.1) is 24.8 Å². The largest absolute Gasteiger partial charge is 0.329 e. The normalized spacial score (nSPS) is 10.2. The number of nitrogens with one attached hydrogen (secondary N) is 2. The second-order valence-corrected chi connectivity index (χ2v) is 5.90. The number of hydrogen-bond donors (Lipinski definition) is 3. The van der Waals surface area contributed by atoms with Crippen LogP contribution in [0, 0.1) is 5.41 Å². The fourth-order valence-corrected chi connectivity index (χ4v) is 2.58. The van der Waals surface area contributed by atoms with Gasteiger partial charge in [-0.3, -0.25) is 9.59 Å². The Kier molecular flexibility index (Phi) is 10.6. The maximum absolute atomic E-state index is 12.6. The van der Waals surface area contributed by atoms with Gasteiger partial charge in [-0.2, -0.15) is 0 Å². The Balaban J connectivity index is 0.00000338. The van der Waals surface area contributed by atoms with Crippen LogP contribution in [0.15, 0.2) is 48.7 Å². The first-order valence-electron chi connectivity index (χ1n) is 8.38. The van der Waals surface area contributed by atoms with Crippen molar-refractivity contribution in [1.29, 1.82) is 0 Å². The number of pyridine rings is 1. The third-order valence-electron chi connectivity index (χ3n) is 4.52. The molecule has 6 nitrogen and oxygen atoms in total. The summed E-state index contributed by atoms with van der Waals surface area (Å²) in [6.45, 7) is 4.19. The van der Waals surface area contributed by atoms with E-state index in [9.17, 15) is 9.59 Å². The van der Waals surface area contributed by atoms with Crippen molar-refractivity contribution < 1.29 is 9.59 Å². The molecule has 8 heteroatoms. The molecule has 27 heavy (non-hydrogen) atoms. The van der Waals surface area contributed by atoms with Crippen molar-refractivity contribution in [3.8, 4) is 0 Å². The molecule has 0 unspecified atom stereocenters. The average molecular weight is 413 g/mol. The molecule has 0 aliphatic carbocycles. The molecule has 1 aromatic carbocycles. The summed E-state index contributed by atoms with van der Waals surface area (Å²) in [7, 11) is 0. The SMILES string of the molecule is CCC(CC)(CN)C(=O)Nc1cccc(C(=O)Nc2ccccn2)c1.Cl.Cl. The van der Waals surface area contributed by atoms with Gasteiger partial charge in [0.2, 0.25) is 5.91 Å². The summed E-state index contributed by atoms with van der Waals surface area (Å²) in [4.78, 5) is 29.0. The number of halogens is 2. The minimum atomic E-state index is -0.591. The number of nitrogens with zero attached hydrogens (tertiary/aromatic N) is 1. The molecule has 4 N–H and O–H groups in total. The maximum atomic E-state index is 12.6. The van der Waals surface area contributed by atoms with Gasteiger partial charge in [-0.25, -0.2) is 4.98 Å². The molecule has 0 saturated carbocycles. The van der Waals surface area contributed by atoms with E-state index in [1.807, 2.05) is 13.8 Å². The van der Waals surface area contributed by atoms with Crippen LogP contribution in [0.4, 0.5) is 11.5 Å². The molecule has 1 heterocycles. The van der Waals surface area contributed by atoms with Crippen molar-refractivity contribution in [2.45, 2.75) is 26.7 Å². The minimum absolute atomic E-state index is 0. The lowest BCUT2D eigenvalue weighted by Crippen LogP contribution is -2.41. The lowest BCUT2D eigenvalue weighted by atomic mass is 9.81. The zero-order valence-corrected chi connectivity index (χ0v) is 17.0. The van der Waals surface area contributed by atoms with Gasteiger partial charge in [0.15, 0.2) is 0 Å². The third-order valence-corrected chi connectivity index (χ3v) is 4.52. The molecule has 0 atom stereocenters. The van der Waals surface area contributed by atoms with E-state index in [1.54, 1.807) is 48.7 Å². The highest BCUT2D eigenvalue weighted by atomic mass is 35.5. The number of nitrogens with two attached hydrogens (primary N) is 1. The quantitative estimate of drug-likeness (QED) is 0.642. The van der Waals surface area contributed by atoms with Crippen molar-refractivity contribution in [1.82, 2.24) is 4.98 Å². The molecule has 0 radical (unpaired) electrons. The van der Waals surface area contributed by atoms with Crippen molar-refractivity contribution in [3.63, 3.8) is 0 Å². The van der Waals surface area contributed by atoms with Crippen LogP contribution in [0.2, 0.25) is 0 Å². The van der Waals surface area contributed by atoms with Crippen LogP contribution in [0.3, 0.4) is 0 Å². The molecule has 1 aromatic heterocycles. The molecule has 0 aliphatic heterocycles. The summed E-state index contributed by atoms with van der Waals surface area (Å²) in [5.74, 6) is 0.0641. The lowest BCUT2D eigenvalue weighted by molar-refractivity contribution is -0.125. The summed E-state index contributed by atoms with van der Waals surface area (Å²) >= 11 is 0. The highest BCUT2D eigenvalue weighted by Crippen LogP contribution is 2.27. The van der Waals surface area contributed by atoms with Crippen LogP contribution in [-0.2, 0) is 4.79 Å².